The number of carbonyl (C=O) groups is 1. The van der Waals surface area contributed by atoms with Gasteiger partial charge in [0.05, 0.1) is 12.5 Å². The van der Waals surface area contributed by atoms with Gasteiger partial charge in [0, 0.05) is 19.0 Å². The molecule has 6 nitrogen and oxygen atoms in total. The van der Waals surface area contributed by atoms with Crippen LogP contribution in [0.2, 0.25) is 0 Å². The number of carboxylic acid groups (broad SMARTS) is 1. The predicted octanol–water partition coefficient (Wildman–Crippen LogP) is 0.853. The van der Waals surface area contributed by atoms with E-state index < -0.39 is 5.97 Å². The zero-order valence-electron chi connectivity index (χ0n) is 9.20. The standard InChI is InChI=1S/C10H13N3O3.ClH/c14-8(15)5-13-3-7(4-13)10-11-9(12-16-10)6-1-2-6;/h6-7H,1-5H2,(H,14,15);1H. The summed E-state index contributed by atoms with van der Waals surface area (Å²) in [5.41, 5.74) is 0. The monoisotopic (exact) mass is 259 g/mol. The number of nitrogens with zero attached hydrogens (tertiary/aromatic N) is 3. The minimum Gasteiger partial charge on any atom is -0.480 e. The molecule has 2 heterocycles. The van der Waals surface area contributed by atoms with Crippen LogP contribution in [0.15, 0.2) is 4.52 Å². The first-order chi connectivity index (χ1) is 7.72. The molecular formula is C10H14ClN3O3. The Morgan fingerprint density at radius 2 is 2.12 bits per heavy atom. The van der Waals surface area contributed by atoms with E-state index in [0.717, 1.165) is 18.7 Å². The van der Waals surface area contributed by atoms with E-state index in [1.54, 1.807) is 0 Å². The molecule has 1 aliphatic carbocycles. The summed E-state index contributed by atoms with van der Waals surface area (Å²) in [4.78, 5) is 16.7. The molecule has 1 aromatic heterocycles. The lowest BCUT2D eigenvalue weighted by molar-refractivity contribution is -0.139. The Labute approximate surface area is 104 Å². The van der Waals surface area contributed by atoms with E-state index in [0.29, 0.717) is 24.9 Å². The quantitative estimate of drug-likeness (QED) is 0.864. The molecule has 1 saturated heterocycles. The molecule has 2 aliphatic rings. The average molecular weight is 260 g/mol. The molecule has 0 radical (unpaired) electrons. The van der Waals surface area contributed by atoms with Gasteiger partial charge >= 0.3 is 5.97 Å². The third-order valence-corrected chi connectivity index (χ3v) is 3.07. The van der Waals surface area contributed by atoms with Crippen LogP contribution >= 0.6 is 12.4 Å². The van der Waals surface area contributed by atoms with Gasteiger partial charge in [0.15, 0.2) is 5.82 Å². The predicted molar refractivity (Wildman–Crippen MR) is 60.3 cm³/mol. The lowest BCUT2D eigenvalue weighted by Crippen LogP contribution is -2.47. The van der Waals surface area contributed by atoms with Gasteiger partial charge in [-0.25, -0.2) is 0 Å². The summed E-state index contributed by atoms with van der Waals surface area (Å²) in [5, 5.41) is 12.5. The summed E-state index contributed by atoms with van der Waals surface area (Å²) < 4.78 is 5.19. The van der Waals surface area contributed by atoms with E-state index in [2.05, 4.69) is 10.1 Å². The van der Waals surface area contributed by atoms with Crippen LogP contribution < -0.4 is 0 Å². The summed E-state index contributed by atoms with van der Waals surface area (Å²) in [6.07, 6.45) is 2.32. The fourth-order valence-corrected chi connectivity index (χ4v) is 1.97. The van der Waals surface area contributed by atoms with Crippen molar-refractivity contribution in [3.05, 3.63) is 11.7 Å². The smallest absolute Gasteiger partial charge is 0.317 e. The van der Waals surface area contributed by atoms with Crippen LogP contribution in [-0.4, -0.2) is 45.8 Å². The van der Waals surface area contributed by atoms with Crippen LogP contribution in [0.25, 0.3) is 0 Å². The molecule has 0 aromatic carbocycles. The highest BCUT2D eigenvalue weighted by atomic mass is 35.5. The van der Waals surface area contributed by atoms with Crippen LogP contribution in [-0.2, 0) is 4.79 Å². The van der Waals surface area contributed by atoms with Gasteiger partial charge in [0.25, 0.3) is 0 Å². The number of halogens is 1. The average Bonchev–Trinajstić information content (AvgIpc) is 2.91. The van der Waals surface area contributed by atoms with Crippen LogP contribution in [0.3, 0.4) is 0 Å². The van der Waals surface area contributed by atoms with Crippen molar-refractivity contribution in [2.45, 2.75) is 24.7 Å². The van der Waals surface area contributed by atoms with Crippen molar-refractivity contribution in [2.24, 2.45) is 0 Å². The van der Waals surface area contributed by atoms with E-state index in [9.17, 15) is 4.79 Å². The molecular weight excluding hydrogens is 246 g/mol. The van der Waals surface area contributed by atoms with Crippen molar-refractivity contribution >= 4 is 18.4 Å². The normalized spacial score (nSPS) is 20.7. The molecule has 0 unspecified atom stereocenters. The maximum Gasteiger partial charge on any atom is 0.317 e. The van der Waals surface area contributed by atoms with Gasteiger partial charge in [0.2, 0.25) is 5.89 Å². The number of aromatic nitrogens is 2. The van der Waals surface area contributed by atoms with Crippen molar-refractivity contribution in [1.29, 1.82) is 0 Å². The second-order valence-corrected chi connectivity index (χ2v) is 4.55. The molecule has 3 rings (SSSR count). The van der Waals surface area contributed by atoms with Crippen LogP contribution in [0.5, 0.6) is 0 Å². The van der Waals surface area contributed by atoms with Gasteiger partial charge in [-0.3, -0.25) is 9.69 Å². The first-order valence-corrected chi connectivity index (χ1v) is 5.50. The largest absolute Gasteiger partial charge is 0.480 e. The van der Waals surface area contributed by atoms with Gasteiger partial charge in [-0.15, -0.1) is 12.4 Å². The summed E-state index contributed by atoms with van der Waals surface area (Å²) in [5.74, 6) is 1.44. The van der Waals surface area contributed by atoms with Crippen LogP contribution in [0, 0.1) is 0 Å². The molecule has 0 bridgehead atoms. The lowest BCUT2D eigenvalue weighted by atomic mass is 10.0. The summed E-state index contributed by atoms with van der Waals surface area (Å²) in [7, 11) is 0. The molecule has 94 valence electrons. The van der Waals surface area contributed by atoms with Crippen molar-refractivity contribution in [2.75, 3.05) is 19.6 Å². The third-order valence-electron chi connectivity index (χ3n) is 3.07. The highest BCUT2D eigenvalue weighted by Crippen LogP contribution is 2.39. The Hall–Kier alpha value is -1.14. The number of aliphatic carboxylic acids is 1. The number of likely N-dealkylation sites (tertiary alicyclic amines) is 1. The van der Waals surface area contributed by atoms with Gasteiger partial charge in [-0.05, 0) is 12.8 Å². The molecule has 1 aromatic rings. The SMILES string of the molecule is Cl.O=C(O)CN1CC(c2nc(C3CC3)no2)C1. The molecule has 1 saturated carbocycles. The molecule has 2 fully saturated rings. The third kappa shape index (κ3) is 2.58. The molecule has 1 aliphatic heterocycles. The Kier molecular flexibility index (Phi) is 3.35. The first-order valence-electron chi connectivity index (χ1n) is 5.50. The Balaban J connectivity index is 0.00000108. The van der Waals surface area contributed by atoms with Crippen molar-refractivity contribution in [3.63, 3.8) is 0 Å². The molecule has 17 heavy (non-hydrogen) atoms. The second kappa shape index (κ2) is 4.62. The zero-order valence-corrected chi connectivity index (χ0v) is 10.0. The van der Waals surface area contributed by atoms with Crippen LogP contribution in [0.4, 0.5) is 0 Å². The topological polar surface area (TPSA) is 79.5 Å². The van der Waals surface area contributed by atoms with Gasteiger partial charge in [-0.1, -0.05) is 5.16 Å². The fourth-order valence-electron chi connectivity index (χ4n) is 1.97. The molecule has 0 spiro atoms. The maximum atomic E-state index is 10.5. The summed E-state index contributed by atoms with van der Waals surface area (Å²) >= 11 is 0. The summed E-state index contributed by atoms with van der Waals surface area (Å²) in [6.45, 7) is 1.51. The van der Waals surface area contributed by atoms with Crippen molar-refractivity contribution < 1.29 is 14.4 Å². The van der Waals surface area contributed by atoms with Crippen molar-refractivity contribution in [1.82, 2.24) is 15.0 Å². The maximum absolute atomic E-state index is 10.5. The molecule has 0 amide bonds. The van der Waals surface area contributed by atoms with Gasteiger partial charge < -0.3 is 9.63 Å². The van der Waals surface area contributed by atoms with E-state index in [4.69, 9.17) is 9.63 Å². The Morgan fingerprint density at radius 1 is 1.41 bits per heavy atom. The Morgan fingerprint density at radius 3 is 2.71 bits per heavy atom. The summed E-state index contributed by atoms with van der Waals surface area (Å²) in [6, 6.07) is 0. The van der Waals surface area contributed by atoms with E-state index in [1.165, 1.54) is 0 Å². The first kappa shape index (κ1) is 12.3. The van der Waals surface area contributed by atoms with E-state index in [1.807, 2.05) is 4.90 Å². The molecule has 1 N–H and O–H groups in total. The lowest BCUT2D eigenvalue weighted by Gasteiger charge is -2.35. The van der Waals surface area contributed by atoms with Gasteiger partial charge in [-0.2, -0.15) is 4.98 Å². The second-order valence-electron chi connectivity index (χ2n) is 4.55. The Bertz CT molecular complexity index is 413. The van der Waals surface area contributed by atoms with Gasteiger partial charge in [0.1, 0.15) is 0 Å². The number of hydrogen-bond donors (Lipinski definition) is 1. The minimum absolute atomic E-state index is 0. The number of rotatable bonds is 4. The van der Waals surface area contributed by atoms with Crippen LogP contribution in [0.1, 0.15) is 36.4 Å². The van der Waals surface area contributed by atoms with E-state index >= 15 is 0 Å². The zero-order chi connectivity index (χ0) is 11.1. The minimum atomic E-state index is -0.789. The molecule has 0 atom stereocenters. The fraction of sp³-hybridized carbons (Fsp3) is 0.700. The van der Waals surface area contributed by atoms with E-state index in [-0.39, 0.29) is 24.9 Å². The molecule has 7 heteroatoms. The highest BCUT2D eigenvalue weighted by molar-refractivity contribution is 5.85. The van der Waals surface area contributed by atoms with Crippen molar-refractivity contribution in [3.8, 4) is 0 Å². The number of hydrogen-bond acceptors (Lipinski definition) is 5. The number of carboxylic acids is 1. The highest BCUT2D eigenvalue weighted by Gasteiger charge is 2.35.